The first-order valence-corrected chi connectivity index (χ1v) is 9.55. The average molecular weight is 322 g/mol. The molecule has 0 spiro atoms. The van der Waals surface area contributed by atoms with E-state index in [0.29, 0.717) is 0 Å². The maximum absolute atomic E-state index is 3.78. The molecule has 23 heavy (non-hydrogen) atoms. The molecule has 0 amide bonds. The van der Waals surface area contributed by atoms with E-state index >= 15 is 0 Å². The lowest BCUT2D eigenvalue weighted by Crippen LogP contribution is -2.35. The van der Waals surface area contributed by atoms with Gasteiger partial charge in [-0.1, -0.05) is 72.4 Å². The van der Waals surface area contributed by atoms with Gasteiger partial charge in [-0.15, -0.1) is 0 Å². The highest BCUT2D eigenvalue weighted by Gasteiger charge is 2.21. The van der Waals surface area contributed by atoms with Crippen molar-refractivity contribution >= 4 is 0 Å². The third kappa shape index (κ3) is 14.5. The summed E-state index contributed by atoms with van der Waals surface area (Å²) in [5.74, 6) is 1.76. The molecule has 1 rings (SSSR count). The van der Waals surface area contributed by atoms with Gasteiger partial charge in [0.05, 0.1) is 0 Å². The third-order valence-electron chi connectivity index (χ3n) is 3.75. The van der Waals surface area contributed by atoms with Crippen LogP contribution in [0.3, 0.4) is 0 Å². The molecular weight excluding hydrogens is 278 g/mol. The summed E-state index contributed by atoms with van der Waals surface area (Å²) in [7, 11) is 2.25. The molecule has 0 aromatic heterocycles. The van der Waals surface area contributed by atoms with Crippen molar-refractivity contribution in [2.75, 3.05) is 13.6 Å². The Morgan fingerprint density at radius 3 is 2.00 bits per heavy atom. The first kappa shape index (κ1) is 24.4. The zero-order valence-corrected chi connectivity index (χ0v) is 17.2. The molecule has 0 N–H and O–H groups in total. The summed E-state index contributed by atoms with van der Waals surface area (Å²) in [5.41, 5.74) is 1.35. The topological polar surface area (TPSA) is 3.24 Å². The second-order valence-corrected chi connectivity index (χ2v) is 7.04. The van der Waals surface area contributed by atoms with E-state index in [9.17, 15) is 0 Å². The van der Waals surface area contributed by atoms with Gasteiger partial charge < -0.3 is 0 Å². The van der Waals surface area contributed by atoms with Crippen LogP contribution in [0, 0.1) is 11.8 Å². The van der Waals surface area contributed by atoms with Crippen LogP contribution < -0.4 is 0 Å². The molecule has 0 bridgehead atoms. The van der Waals surface area contributed by atoms with Crippen LogP contribution >= 0.6 is 0 Å². The molecule has 1 aliphatic carbocycles. The molecule has 0 radical (unpaired) electrons. The van der Waals surface area contributed by atoms with Crippen molar-refractivity contribution in [3.05, 3.63) is 36.5 Å². The van der Waals surface area contributed by atoms with Crippen molar-refractivity contribution in [1.82, 2.24) is 4.90 Å². The second-order valence-electron chi connectivity index (χ2n) is 7.04. The minimum absolute atomic E-state index is 0.768. The van der Waals surface area contributed by atoms with E-state index in [1.165, 1.54) is 31.3 Å². The van der Waals surface area contributed by atoms with Crippen LogP contribution in [0.15, 0.2) is 36.5 Å². The van der Waals surface area contributed by atoms with Gasteiger partial charge in [0.15, 0.2) is 0 Å². The fourth-order valence-corrected chi connectivity index (χ4v) is 2.63. The first-order valence-electron chi connectivity index (χ1n) is 9.55. The molecule has 1 saturated carbocycles. The summed E-state index contributed by atoms with van der Waals surface area (Å²) < 4.78 is 0. The number of allylic oxidation sites excluding steroid dienone is 3. The maximum atomic E-state index is 3.78. The van der Waals surface area contributed by atoms with Crippen LogP contribution in [0.1, 0.15) is 74.1 Å². The van der Waals surface area contributed by atoms with Gasteiger partial charge in [0, 0.05) is 12.6 Å². The highest BCUT2D eigenvalue weighted by Crippen LogP contribution is 2.26. The van der Waals surface area contributed by atoms with Crippen molar-refractivity contribution in [2.45, 2.75) is 80.2 Å². The van der Waals surface area contributed by atoms with E-state index in [0.717, 1.165) is 24.4 Å². The minimum Gasteiger partial charge on any atom is -0.299 e. The van der Waals surface area contributed by atoms with E-state index in [4.69, 9.17) is 0 Å². The summed E-state index contributed by atoms with van der Waals surface area (Å²) in [5, 5.41) is 0. The SMILES string of the molecule is C=C/C=C(\C=C/C)CN(C)C1CCC(C)CC1.CC.CC(C)C. The highest BCUT2D eigenvalue weighted by molar-refractivity contribution is 5.24. The zero-order valence-electron chi connectivity index (χ0n) is 17.2. The molecule has 1 nitrogen and oxygen atoms in total. The second kappa shape index (κ2) is 16.1. The Morgan fingerprint density at radius 1 is 1.13 bits per heavy atom. The monoisotopic (exact) mass is 321 g/mol. The molecule has 0 aromatic carbocycles. The average Bonchev–Trinajstić information content (AvgIpc) is 2.50. The van der Waals surface area contributed by atoms with E-state index in [2.05, 4.69) is 71.4 Å². The number of hydrogen-bond donors (Lipinski definition) is 0. The highest BCUT2D eigenvalue weighted by atomic mass is 15.1. The molecule has 0 heterocycles. The summed E-state index contributed by atoms with van der Waals surface area (Å²) in [6.07, 6.45) is 13.8. The predicted octanol–water partition coefficient (Wildman–Crippen LogP) is 6.87. The Morgan fingerprint density at radius 2 is 1.61 bits per heavy atom. The fraction of sp³-hybridized carbons (Fsp3) is 0.727. The molecule has 0 aliphatic heterocycles. The van der Waals surface area contributed by atoms with Gasteiger partial charge in [-0.05, 0) is 57.1 Å². The number of nitrogens with zero attached hydrogens (tertiary/aromatic N) is 1. The third-order valence-corrected chi connectivity index (χ3v) is 3.75. The van der Waals surface area contributed by atoms with Crippen molar-refractivity contribution in [3.8, 4) is 0 Å². The molecule has 136 valence electrons. The van der Waals surface area contributed by atoms with Crippen molar-refractivity contribution in [2.24, 2.45) is 11.8 Å². The molecule has 0 atom stereocenters. The molecule has 1 heteroatoms. The largest absolute Gasteiger partial charge is 0.299 e. The summed E-state index contributed by atoms with van der Waals surface area (Å²) in [6, 6.07) is 0.768. The first-order chi connectivity index (χ1) is 10.9. The summed E-state index contributed by atoms with van der Waals surface area (Å²) in [6.45, 7) is 19.8. The molecular formula is C22H43N. The van der Waals surface area contributed by atoms with Crippen molar-refractivity contribution in [3.63, 3.8) is 0 Å². The Bertz CT molecular complexity index is 314. The van der Waals surface area contributed by atoms with Crippen LogP contribution in [-0.2, 0) is 0 Å². The van der Waals surface area contributed by atoms with Crippen LogP contribution in [0.2, 0.25) is 0 Å². The predicted molar refractivity (Wildman–Crippen MR) is 109 cm³/mol. The molecule has 0 aromatic rings. The quantitative estimate of drug-likeness (QED) is 0.499. The Labute approximate surface area is 147 Å². The van der Waals surface area contributed by atoms with Gasteiger partial charge in [0.25, 0.3) is 0 Å². The molecule has 0 unspecified atom stereocenters. The lowest BCUT2D eigenvalue weighted by molar-refractivity contribution is 0.182. The van der Waals surface area contributed by atoms with E-state index in [1.54, 1.807) is 0 Å². The van der Waals surface area contributed by atoms with Gasteiger partial charge >= 0.3 is 0 Å². The van der Waals surface area contributed by atoms with Gasteiger partial charge in [-0.25, -0.2) is 0 Å². The molecule has 1 fully saturated rings. The fourth-order valence-electron chi connectivity index (χ4n) is 2.63. The summed E-state index contributed by atoms with van der Waals surface area (Å²) in [4.78, 5) is 2.50. The van der Waals surface area contributed by atoms with Crippen LogP contribution in [-0.4, -0.2) is 24.5 Å². The summed E-state index contributed by atoms with van der Waals surface area (Å²) >= 11 is 0. The van der Waals surface area contributed by atoms with E-state index in [1.807, 2.05) is 19.9 Å². The van der Waals surface area contributed by atoms with Crippen LogP contribution in [0.5, 0.6) is 0 Å². The van der Waals surface area contributed by atoms with E-state index < -0.39 is 0 Å². The Balaban J connectivity index is 0. The zero-order chi connectivity index (χ0) is 18.3. The van der Waals surface area contributed by atoms with Gasteiger partial charge in [0.2, 0.25) is 0 Å². The lowest BCUT2D eigenvalue weighted by atomic mass is 9.86. The Hall–Kier alpha value is -0.820. The Kier molecular flexibility index (Phi) is 17.1. The number of rotatable bonds is 5. The smallest absolute Gasteiger partial charge is 0.0233 e. The van der Waals surface area contributed by atoms with Crippen LogP contribution in [0.4, 0.5) is 0 Å². The van der Waals surface area contributed by atoms with Gasteiger partial charge in [-0.2, -0.15) is 0 Å². The maximum Gasteiger partial charge on any atom is 0.0233 e. The van der Waals surface area contributed by atoms with Crippen LogP contribution in [0.25, 0.3) is 0 Å². The van der Waals surface area contributed by atoms with E-state index in [-0.39, 0.29) is 0 Å². The van der Waals surface area contributed by atoms with Gasteiger partial charge in [-0.3, -0.25) is 4.90 Å². The molecule has 1 aliphatic rings. The lowest BCUT2D eigenvalue weighted by Gasteiger charge is -2.33. The standard InChI is InChI=1S/C16H27N.C4H10.C2H6/c1-5-7-15(8-6-2)13-17(4)16-11-9-14(3)10-12-16;1-4(2)3;1-2/h5-8,14,16H,1,9-13H2,2-4H3;4H,1-3H3;1-2H3/b8-6-,15-7+;;. The minimum atomic E-state index is 0.768. The number of hydrogen-bond acceptors (Lipinski definition) is 1. The molecule has 0 saturated heterocycles. The van der Waals surface area contributed by atoms with Crippen molar-refractivity contribution in [1.29, 1.82) is 0 Å². The number of likely N-dealkylation sites (N-methyl/N-ethyl adjacent to an activating group) is 1. The van der Waals surface area contributed by atoms with Crippen molar-refractivity contribution < 1.29 is 0 Å². The normalized spacial score (nSPS) is 21.6. The van der Waals surface area contributed by atoms with Gasteiger partial charge in [0.1, 0.15) is 0 Å².